The zero-order valence-corrected chi connectivity index (χ0v) is 14.9. The summed E-state index contributed by atoms with van der Waals surface area (Å²) in [5.74, 6) is 0.176. The van der Waals surface area contributed by atoms with E-state index in [0.29, 0.717) is 19.8 Å². The summed E-state index contributed by atoms with van der Waals surface area (Å²) < 4.78 is 5.84. The first-order valence-corrected chi connectivity index (χ1v) is 8.56. The molecule has 24 heavy (non-hydrogen) atoms. The van der Waals surface area contributed by atoms with E-state index in [9.17, 15) is 5.11 Å². The first kappa shape index (κ1) is 18.7. The van der Waals surface area contributed by atoms with Crippen LogP contribution in [0.4, 0.5) is 0 Å². The predicted octanol–water partition coefficient (Wildman–Crippen LogP) is 3.58. The summed E-state index contributed by atoms with van der Waals surface area (Å²) in [7, 11) is 0. The highest BCUT2D eigenvalue weighted by molar-refractivity contribution is 5.32. The summed E-state index contributed by atoms with van der Waals surface area (Å²) >= 11 is 0. The Kier molecular flexibility index (Phi) is 6.98. The van der Waals surface area contributed by atoms with Crippen LogP contribution in [-0.4, -0.2) is 36.5 Å². The van der Waals surface area contributed by atoms with E-state index in [1.165, 1.54) is 11.1 Å². The molecule has 0 aliphatic rings. The number of aliphatic hydroxyl groups excluding tert-OH is 1. The average Bonchev–Trinajstić information content (AvgIpc) is 2.58. The molecule has 0 aromatic heterocycles. The molecule has 2 aromatic rings. The van der Waals surface area contributed by atoms with E-state index in [1.54, 1.807) is 0 Å². The highest BCUT2D eigenvalue weighted by Gasteiger charge is 2.16. The number of hydrogen-bond acceptors (Lipinski definition) is 3. The van der Waals surface area contributed by atoms with Crippen molar-refractivity contribution < 1.29 is 9.84 Å². The van der Waals surface area contributed by atoms with Gasteiger partial charge in [-0.15, -0.1) is 0 Å². The molecule has 0 saturated carbocycles. The Hall–Kier alpha value is -1.68. The fourth-order valence-corrected chi connectivity index (χ4v) is 2.56. The Morgan fingerprint density at radius 1 is 0.875 bits per heavy atom. The van der Waals surface area contributed by atoms with Crippen molar-refractivity contribution in [2.75, 3.05) is 19.8 Å². The van der Waals surface area contributed by atoms with Crippen LogP contribution in [0.15, 0.2) is 60.7 Å². The lowest BCUT2D eigenvalue weighted by atomic mass is 9.92. The third-order valence-electron chi connectivity index (χ3n) is 3.87. The maximum absolute atomic E-state index is 10.1. The van der Waals surface area contributed by atoms with Gasteiger partial charge in [0.2, 0.25) is 0 Å². The lowest BCUT2D eigenvalue weighted by molar-refractivity contribution is 0.0313. The standard InChI is InChI=1S/C21H29NO2/c1-21(2,3)22-14-19(23)15-24-16-20(17-10-6-4-7-11-17)18-12-8-5-9-13-18/h4-13,19-20,22-23H,14-16H2,1-3H3. The zero-order valence-electron chi connectivity index (χ0n) is 14.9. The van der Waals surface area contributed by atoms with Gasteiger partial charge in [0.25, 0.3) is 0 Å². The Morgan fingerprint density at radius 3 is 1.83 bits per heavy atom. The summed E-state index contributed by atoms with van der Waals surface area (Å²) in [5.41, 5.74) is 2.45. The maximum atomic E-state index is 10.1. The van der Waals surface area contributed by atoms with Crippen molar-refractivity contribution in [3.8, 4) is 0 Å². The van der Waals surface area contributed by atoms with Gasteiger partial charge in [0.05, 0.1) is 19.3 Å². The van der Waals surface area contributed by atoms with Crippen molar-refractivity contribution in [3.05, 3.63) is 71.8 Å². The van der Waals surface area contributed by atoms with Gasteiger partial charge in [0.15, 0.2) is 0 Å². The molecule has 1 unspecified atom stereocenters. The lowest BCUT2D eigenvalue weighted by Crippen LogP contribution is -2.42. The fraction of sp³-hybridized carbons (Fsp3) is 0.429. The van der Waals surface area contributed by atoms with E-state index >= 15 is 0 Å². The number of ether oxygens (including phenoxy) is 1. The molecule has 0 bridgehead atoms. The van der Waals surface area contributed by atoms with Gasteiger partial charge in [-0.2, -0.15) is 0 Å². The smallest absolute Gasteiger partial charge is 0.0897 e. The van der Waals surface area contributed by atoms with Gasteiger partial charge in [-0.25, -0.2) is 0 Å². The number of aliphatic hydroxyl groups is 1. The summed E-state index contributed by atoms with van der Waals surface area (Å²) in [6, 6.07) is 20.7. The molecule has 130 valence electrons. The van der Waals surface area contributed by atoms with Gasteiger partial charge in [-0.05, 0) is 31.9 Å². The first-order chi connectivity index (χ1) is 11.5. The molecule has 1 atom stereocenters. The van der Waals surface area contributed by atoms with Gasteiger partial charge in [0.1, 0.15) is 0 Å². The largest absolute Gasteiger partial charge is 0.389 e. The number of hydrogen-bond donors (Lipinski definition) is 2. The molecule has 2 N–H and O–H groups in total. The van der Waals surface area contributed by atoms with E-state index < -0.39 is 6.10 Å². The van der Waals surface area contributed by atoms with E-state index in [1.807, 2.05) is 36.4 Å². The van der Waals surface area contributed by atoms with Gasteiger partial charge in [-0.1, -0.05) is 60.7 Å². The second-order valence-corrected chi connectivity index (χ2v) is 7.20. The number of nitrogens with one attached hydrogen (secondary N) is 1. The second kappa shape index (κ2) is 8.97. The SMILES string of the molecule is CC(C)(C)NCC(O)COCC(c1ccccc1)c1ccccc1. The molecule has 2 aromatic carbocycles. The third kappa shape index (κ3) is 6.44. The molecular formula is C21H29NO2. The van der Waals surface area contributed by atoms with Crippen LogP contribution in [0.25, 0.3) is 0 Å². The van der Waals surface area contributed by atoms with Crippen LogP contribution in [0.5, 0.6) is 0 Å². The molecule has 0 amide bonds. The van der Waals surface area contributed by atoms with Crippen LogP contribution in [0.3, 0.4) is 0 Å². The van der Waals surface area contributed by atoms with Gasteiger partial charge in [-0.3, -0.25) is 0 Å². The molecule has 0 spiro atoms. The van der Waals surface area contributed by atoms with Crippen molar-refractivity contribution >= 4 is 0 Å². The number of β-amino-alcohol motifs (C(OH)–C–C–N with tert-alkyl or cyclic N) is 1. The van der Waals surface area contributed by atoms with Gasteiger partial charge in [0, 0.05) is 18.0 Å². The summed E-state index contributed by atoms with van der Waals surface area (Å²) in [6.45, 7) is 7.68. The second-order valence-electron chi connectivity index (χ2n) is 7.20. The minimum Gasteiger partial charge on any atom is -0.389 e. The predicted molar refractivity (Wildman–Crippen MR) is 99.3 cm³/mol. The zero-order chi connectivity index (χ0) is 17.4. The van der Waals surface area contributed by atoms with Crippen LogP contribution >= 0.6 is 0 Å². The Bertz CT molecular complexity index is 538. The Morgan fingerprint density at radius 2 is 1.38 bits per heavy atom. The first-order valence-electron chi connectivity index (χ1n) is 8.56. The highest BCUT2D eigenvalue weighted by Crippen LogP contribution is 2.24. The third-order valence-corrected chi connectivity index (χ3v) is 3.87. The maximum Gasteiger partial charge on any atom is 0.0897 e. The summed E-state index contributed by atoms with van der Waals surface area (Å²) in [4.78, 5) is 0. The van der Waals surface area contributed by atoms with Crippen molar-refractivity contribution in [1.29, 1.82) is 0 Å². The molecule has 0 aliphatic carbocycles. The normalized spacial score (nSPS) is 13.2. The quantitative estimate of drug-likeness (QED) is 0.778. The van der Waals surface area contributed by atoms with E-state index in [2.05, 4.69) is 50.4 Å². The molecule has 3 nitrogen and oxygen atoms in total. The molecule has 0 aliphatic heterocycles. The van der Waals surface area contributed by atoms with Crippen molar-refractivity contribution in [2.24, 2.45) is 0 Å². The van der Waals surface area contributed by atoms with Gasteiger partial charge >= 0.3 is 0 Å². The minimum absolute atomic E-state index is 0.00239. The number of benzene rings is 2. The minimum atomic E-state index is -0.503. The van der Waals surface area contributed by atoms with Crippen LogP contribution in [0.2, 0.25) is 0 Å². The molecule has 0 radical (unpaired) electrons. The average molecular weight is 327 g/mol. The van der Waals surface area contributed by atoms with Crippen LogP contribution < -0.4 is 5.32 Å². The fourth-order valence-electron chi connectivity index (χ4n) is 2.56. The van der Waals surface area contributed by atoms with Crippen LogP contribution in [0.1, 0.15) is 37.8 Å². The van der Waals surface area contributed by atoms with Gasteiger partial charge < -0.3 is 15.2 Å². The van der Waals surface area contributed by atoms with Crippen molar-refractivity contribution in [3.63, 3.8) is 0 Å². The molecule has 0 fully saturated rings. The Labute approximate surface area is 145 Å². The van der Waals surface area contributed by atoms with Crippen LogP contribution in [0, 0.1) is 0 Å². The summed E-state index contributed by atoms with van der Waals surface area (Å²) in [6.07, 6.45) is -0.503. The van der Waals surface area contributed by atoms with E-state index in [0.717, 1.165) is 0 Å². The molecule has 0 saturated heterocycles. The Balaban J connectivity index is 1.93. The molecular weight excluding hydrogens is 298 g/mol. The number of rotatable bonds is 8. The van der Waals surface area contributed by atoms with E-state index in [4.69, 9.17) is 4.74 Å². The topological polar surface area (TPSA) is 41.5 Å². The van der Waals surface area contributed by atoms with E-state index in [-0.39, 0.29) is 11.5 Å². The highest BCUT2D eigenvalue weighted by atomic mass is 16.5. The lowest BCUT2D eigenvalue weighted by Gasteiger charge is -2.23. The van der Waals surface area contributed by atoms with Crippen molar-refractivity contribution in [1.82, 2.24) is 5.32 Å². The monoisotopic (exact) mass is 327 g/mol. The molecule has 0 heterocycles. The summed E-state index contributed by atoms with van der Waals surface area (Å²) in [5, 5.41) is 13.4. The van der Waals surface area contributed by atoms with Crippen LogP contribution in [-0.2, 0) is 4.74 Å². The molecule has 3 heteroatoms. The molecule has 2 rings (SSSR count). The van der Waals surface area contributed by atoms with Crippen molar-refractivity contribution in [2.45, 2.75) is 38.3 Å².